The molecule has 8 nitrogen and oxygen atoms in total. The molecule has 0 spiro atoms. The van der Waals surface area contributed by atoms with E-state index in [2.05, 4.69) is 24.8 Å². The first-order valence-electron chi connectivity index (χ1n) is 15.6. The number of amides is 1. The summed E-state index contributed by atoms with van der Waals surface area (Å²) in [6.07, 6.45) is 13.9. The lowest BCUT2D eigenvalue weighted by atomic mass is 9.97. The van der Waals surface area contributed by atoms with Crippen molar-refractivity contribution in [2.24, 2.45) is 5.92 Å². The highest BCUT2D eigenvalue weighted by Gasteiger charge is 2.33. The van der Waals surface area contributed by atoms with Crippen LogP contribution in [0.3, 0.4) is 0 Å². The lowest BCUT2D eigenvalue weighted by Crippen LogP contribution is -2.39. The first-order valence-corrected chi connectivity index (χ1v) is 16.8. The lowest BCUT2D eigenvalue weighted by molar-refractivity contribution is -0.137. The van der Waals surface area contributed by atoms with Crippen LogP contribution in [0.5, 0.6) is 0 Å². The fourth-order valence-corrected chi connectivity index (χ4v) is 6.95. The van der Waals surface area contributed by atoms with Gasteiger partial charge in [0.1, 0.15) is 21.8 Å². The van der Waals surface area contributed by atoms with Gasteiger partial charge in [-0.05, 0) is 56.6 Å². The average Bonchev–Trinajstić information content (AvgIpc) is 3.22. The SMILES string of the molecule is CCCCn1c(N2CCC(C)CC2)c(C=C2SC(=S)N(CCCCCCCCCCC(=O)O)C2=O)c(C)c(C#N)c1=O. The Morgan fingerprint density at radius 2 is 1.67 bits per heavy atom. The number of thiocarbonyl (C=S) groups is 1. The maximum atomic E-state index is 13.5. The van der Waals surface area contributed by atoms with Crippen LogP contribution in [0.4, 0.5) is 5.82 Å². The van der Waals surface area contributed by atoms with Gasteiger partial charge >= 0.3 is 5.97 Å². The van der Waals surface area contributed by atoms with Gasteiger partial charge in [-0.3, -0.25) is 23.9 Å². The van der Waals surface area contributed by atoms with Gasteiger partial charge in [0, 0.05) is 38.2 Å². The minimum Gasteiger partial charge on any atom is -0.481 e. The Balaban J connectivity index is 1.74. The van der Waals surface area contributed by atoms with Gasteiger partial charge in [-0.1, -0.05) is 82.8 Å². The summed E-state index contributed by atoms with van der Waals surface area (Å²) in [5, 5.41) is 18.6. The third-order valence-corrected chi connectivity index (χ3v) is 9.71. The van der Waals surface area contributed by atoms with Crippen LogP contribution in [0.25, 0.3) is 6.08 Å². The molecule has 1 aromatic rings. The minimum atomic E-state index is -0.726. The number of aromatic nitrogens is 1. The molecule has 1 N–H and O–H groups in total. The number of anilines is 1. The predicted octanol–water partition coefficient (Wildman–Crippen LogP) is 6.86. The van der Waals surface area contributed by atoms with Gasteiger partial charge < -0.3 is 10.0 Å². The van der Waals surface area contributed by atoms with E-state index in [-0.39, 0.29) is 23.5 Å². The molecule has 230 valence electrons. The molecule has 0 unspecified atom stereocenters. The third kappa shape index (κ3) is 8.93. The maximum Gasteiger partial charge on any atom is 0.303 e. The highest BCUT2D eigenvalue weighted by molar-refractivity contribution is 8.26. The van der Waals surface area contributed by atoms with Gasteiger partial charge in [-0.15, -0.1) is 0 Å². The largest absolute Gasteiger partial charge is 0.481 e. The number of carboxylic acid groups (broad SMARTS) is 1. The Morgan fingerprint density at radius 1 is 1.05 bits per heavy atom. The van der Waals surface area contributed by atoms with Crippen molar-refractivity contribution in [2.75, 3.05) is 24.5 Å². The van der Waals surface area contributed by atoms with Crippen LogP contribution in [0, 0.1) is 24.2 Å². The van der Waals surface area contributed by atoms with Crippen molar-refractivity contribution in [3.05, 3.63) is 31.9 Å². The van der Waals surface area contributed by atoms with E-state index in [9.17, 15) is 19.6 Å². The molecule has 0 radical (unpaired) electrons. The lowest BCUT2D eigenvalue weighted by Gasteiger charge is -2.35. The summed E-state index contributed by atoms with van der Waals surface area (Å²) in [6.45, 7) is 8.95. The molecule has 2 fully saturated rings. The summed E-state index contributed by atoms with van der Waals surface area (Å²) in [5.41, 5.74) is 1.30. The second-order valence-electron chi connectivity index (χ2n) is 11.6. The Kier molecular flexibility index (Phi) is 13.6. The van der Waals surface area contributed by atoms with Crippen molar-refractivity contribution in [3.8, 4) is 6.07 Å². The average molecular weight is 615 g/mol. The number of carboxylic acids is 1. The van der Waals surface area contributed by atoms with Crippen LogP contribution < -0.4 is 10.5 Å². The summed E-state index contributed by atoms with van der Waals surface area (Å²) in [4.78, 5) is 42.1. The van der Waals surface area contributed by atoms with Crippen LogP contribution in [-0.4, -0.2) is 50.4 Å². The van der Waals surface area contributed by atoms with Crippen LogP contribution in [0.2, 0.25) is 0 Å². The molecule has 0 atom stereocenters. The molecular weight excluding hydrogens is 569 g/mol. The molecule has 3 heterocycles. The van der Waals surface area contributed by atoms with E-state index in [0.29, 0.717) is 33.8 Å². The molecule has 0 aliphatic carbocycles. The first-order chi connectivity index (χ1) is 20.2. The fourth-order valence-electron chi connectivity index (χ4n) is 5.66. The molecule has 1 aromatic heterocycles. The van der Waals surface area contributed by atoms with E-state index in [1.165, 1.54) is 11.8 Å². The van der Waals surface area contributed by atoms with Gasteiger partial charge in [-0.2, -0.15) is 5.26 Å². The molecule has 2 saturated heterocycles. The molecule has 2 aliphatic heterocycles. The number of piperidine rings is 1. The Bertz CT molecular complexity index is 1260. The summed E-state index contributed by atoms with van der Waals surface area (Å²) in [7, 11) is 0. The fraction of sp³-hybridized carbons (Fsp3) is 0.656. The quantitative estimate of drug-likeness (QED) is 0.122. The second kappa shape index (κ2) is 16.9. The highest BCUT2D eigenvalue weighted by Crippen LogP contribution is 2.37. The summed E-state index contributed by atoms with van der Waals surface area (Å²) in [6, 6.07) is 2.14. The van der Waals surface area contributed by atoms with Crippen molar-refractivity contribution in [1.82, 2.24) is 9.47 Å². The monoisotopic (exact) mass is 614 g/mol. The number of pyridine rings is 1. The Hall–Kier alpha value is -2.64. The minimum absolute atomic E-state index is 0.106. The number of unbranched alkanes of at least 4 members (excludes halogenated alkanes) is 8. The van der Waals surface area contributed by atoms with Crippen LogP contribution in [0.15, 0.2) is 9.70 Å². The van der Waals surface area contributed by atoms with Gasteiger partial charge in [0.25, 0.3) is 11.5 Å². The number of thioether (sulfide) groups is 1. The van der Waals surface area contributed by atoms with Gasteiger partial charge in [0.05, 0.1) is 4.91 Å². The summed E-state index contributed by atoms with van der Waals surface area (Å²) in [5.74, 6) is 0.617. The number of rotatable bonds is 16. The molecule has 0 aromatic carbocycles. The number of nitrogens with zero attached hydrogens (tertiary/aromatic N) is 4. The van der Waals surface area contributed by atoms with E-state index >= 15 is 0 Å². The standard InChI is InChI=1S/C32H46N4O4S2/c1-4-5-17-35-29(34-19-15-23(2)16-20-34)25(24(3)26(22-33)30(35)39)21-27-31(40)36(32(41)42-27)18-13-11-9-7-6-8-10-12-14-28(37)38/h21,23H,4-20H2,1-3H3,(H,37,38). The number of hydrogen-bond acceptors (Lipinski definition) is 7. The van der Waals surface area contributed by atoms with Crippen LogP contribution in [-0.2, 0) is 16.1 Å². The molecule has 3 rings (SSSR count). The van der Waals surface area contributed by atoms with E-state index in [1.807, 2.05) is 13.0 Å². The second-order valence-corrected chi connectivity index (χ2v) is 13.3. The Morgan fingerprint density at radius 3 is 2.26 bits per heavy atom. The molecule has 0 saturated carbocycles. The summed E-state index contributed by atoms with van der Waals surface area (Å²) < 4.78 is 2.32. The van der Waals surface area contributed by atoms with E-state index in [1.54, 1.807) is 9.47 Å². The summed E-state index contributed by atoms with van der Waals surface area (Å²) >= 11 is 6.92. The predicted molar refractivity (Wildman–Crippen MR) is 175 cm³/mol. The number of carbonyl (C=O) groups excluding carboxylic acids is 1. The topological polar surface area (TPSA) is 107 Å². The zero-order valence-electron chi connectivity index (χ0n) is 25.5. The van der Waals surface area contributed by atoms with Gasteiger partial charge in [-0.25, -0.2) is 0 Å². The molecule has 0 bridgehead atoms. The van der Waals surface area contributed by atoms with Gasteiger partial charge in [0.15, 0.2) is 0 Å². The van der Waals surface area contributed by atoms with E-state index < -0.39 is 5.97 Å². The smallest absolute Gasteiger partial charge is 0.303 e. The van der Waals surface area contributed by atoms with Crippen molar-refractivity contribution < 1.29 is 14.7 Å². The molecular formula is C32H46N4O4S2. The molecule has 10 heteroatoms. The number of aliphatic carboxylic acids is 1. The zero-order valence-corrected chi connectivity index (χ0v) is 27.1. The van der Waals surface area contributed by atoms with Crippen molar-refractivity contribution in [1.29, 1.82) is 5.26 Å². The van der Waals surface area contributed by atoms with Crippen LogP contribution in [0.1, 0.15) is 114 Å². The first kappa shape index (κ1) is 33.9. The van der Waals surface area contributed by atoms with E-state index in [4.69, 9.17) is 17.3 Å². The normalized spacial score (nSPS) is 17.0. The third-order valence-electron chi connectivity index (χ3n) is 8.34. The maximum absolute atomic E-state index is 13.5. The van der Waals surface area contributed by atoms with Gasteiger partial charge in [0.2, 0.25) is 0 Å². The van der Waals surface area contributed by atoms with Crippen molar-refractivity contribution in [2.45, 2.75) is 111 Å². The highest BCUT2D eigenvalue weighted by atomic mass is 32.2. The van der Waals surface area contributed by atoms with Crippen molar-refractivity contribution in [3.63, 3.8) is 0 Å². The molecule has 42 heavy (non-hydrogen) atoms. The Labute approximate surface area is 260 Å². The molecule has 2 aliphatic rings. The van der Waals surface area contributed by atoms with Crippen LogP contribution >= 0.6 is 24.0 Å². The van der Waals surface area contributed by atoms with Crippen molar-refractivity contribution >= 4 is 52.1 Å². The molecule has 1 amide bonds. The van der Waals surface area contributed by atoms with E-state index in [0.717, 1.165) is 102 Å². The number of carbonyl (C=O) groups is 2. The number of nitriles is 1. The number of hydrogen-bond donors (Lipinski definition) is 1. The zero-order chi connectivity index (χ0) is 30.6.